The zero-order valence-electron chi connectivity index (χ0n) is 17.8. The van der Waals surface area contributed by atoms with Crippen LogP contribution in [0.15, 0.2) is 48.7 Å². The van der Waals surface area contributed by atoms with Crippen LogP contribution in [0.4, 0.5) is 0 Å². The van der Waals surface area contributed by atoms with Gasteiger partial charge in [0.2, 0.25) is 5.75 Å². The van der Waals surface area contributed by atoms with Crippen molar-refractivity contribution in [2.45, 2.75) is 26.4 Å². The number of benzene rings is 2. The van der Waals surface area contributed by atoms with Gasteiger partial charge in [-0.2, -0.15) is 5.10 Å². The van der Waals surface area contributed by atoms with Crippen molar-refractivity contribution >= 4 is 5.91 Å². The highest BCUT2D eigenvalue weighted by Crippen LogP contribution is 2.39. The third-order valence-corrected chi connectivity index (χ3v) is 4.93. The molecule has 7 nitrogen and oxygen atoms in total. The van der Waals surface area contributed by atoms with Gasteiger partial charge in [-0.05, 0) is 24.1 Å². The molecule has 158 valence electrons. The first-order chi connectivity index (χ1) is 14.6. The first kappa shape index (κ1) is 21.2. The minimum absolute atomic E-state index is 0.178. The Morgan fingerprint density at radius 2 is 1.73 bits per heavy atom. The van der Waals surface area contributed by atoms with Gasteiger partial charge >= 0.3 is 0 Å². The number of rotatable bonds is 9. The molecule has 0 aliphatic heterocycles. The lowest BCUT2D eigenvalue weighted by molar-refractivity contribution is 0.0949. The van der Waals surface area contributed by atoms with Gasteiger partial charge < -0.3 is 19.5 Å². The molecule has 1 N–H and O–H groups in total. The van der Waals surface area contributed by atoms with E-state index >= 15 is 0 Å². The Labute approximate surface area is 176 Å². The van der Waals surface area contributed by atoms with Crippen molar-refractivity contribution in [2.24, 2.45) is 0 Å². The maximum absolute atomic E-state index is 12.9. The zero-order chi connectivity index (χ0) is 21.5. The molecule has 0 atom stereocenters. The fourth-order valence-electron chi connectivity index (χ4n) is 3.44. The molecule has 0 saturated carbocycles. The van der Waals surface area contributed by atoms with Crippen molar-refractivity contribution in [1.82, 2.24) is 15.1 Å². The van der Waals surface area contributed by atoms with Crippen molar-refractivity contribution in [2.75, 3.05) is 21.3 Å². The van der Waals surface area contributed by atoms with Gasteiger partial charge in [-0.15, -0.1) is 0 Å². The molecule has 1 aromatic heterocycles. The van der Waals surface area contributed by atoms with Crippen LogP contribution in [-0.2, 0) is 19.5 Å². The number of carbonyl (C=O) groups is 1. The zero-order valence-corrected chi connectivity index (χ0v) is 17.8. The highest BCUT2D eigenvalue weighted by Gasteiger charge is 2.19. The average molecular weight is 409 g/mol. The lowest BCUT2D eigenvalue weighted by Gasteiger charge is -2.16. The normalized spacial score (nSPS) is 10.5. The monoisotopic (exact) mass is 409 g/mol. The summed E-state index contributed by atoms with van der Waals surface area (Å²) < 4.78 is 18.1. The van der Waals surface area contributed by atoms with Gasteiger partial charge in [-0.25, -0.2) is 0 Å². The van der Waals surface area contributed by atoms with E-state index in [1.54, 1.807) is 33.6 Å². The fourth-order valence-corrected chi connectivity index (χ4v) is 3.44. The Hall–Kier alpha value is -3.48. The molecule has 30 heavy (non-hydrogen) atoms. The van der Waals surface area contributed by atoms with Crippen LogP contribution in [0, 0.1) is 0 Å². The van der Waals surface area contributed by atoms with E-state index in [2.05, 4.69) is 10.4 Å². The van der Waals surface area contributed by atoms with Crippen LogP contribution in [0.2, 0.25) is 0 Å². The summed E-state index contributed by atoms with van der Waals surface area (Å²) in [7, 11) is 4.68. The van der Waals surface area contributed by atoms with Crippen molar-refractivity contribution < 1.29 is 19.0 Å². The SMILES string of the molecule is CCc1c(C(=O)NCc2ccc(OC)c(OC)c2OC)cnn1Cc1ccccc1. The van der Waals surface area contributed by atoms with Gasteiger partial charge in [0.05, 0.1) is 45.3 Å². The second-order valence-corrected chi connectivity index (χ2v) is 6.68. The van der Waals surface area contributed by atoms with Gasteiger partial charge in [0.1, 0.15) is 0 Å². The van der Waals surface area contributed by atoms with E-state index in [1.807, 2.05) is 48.0 Å². The van der Waals surface area contributed by atoms with E-state index in [0.717, 1.165) is 16.8 Å². The summed E-state index contributed by atoms with van der Waals surface area (Å²) in [4.78, 5) is 12.9. The summed E-state index contributed by atoms with van der Waals surface area (Å²) in [6.07, 6.45) is 2.33. The molecule has 0 radical (unpaired) electrons. The Morgan fingerprint density at radius 1 is 1.00 bits per heavy atom. The van der Waals surface area contributed by atoms with Crippen LogP contribution in [0.25, 0.3) is 0 Å². The third kappa shape index (κ3) is 4.40. The average Bonchev–Trinajstić information content (AvgIpc) is 3.19. The summed E-state index contributed by atoms with van der Waals surface area (Å²) in [5, 5.41) is 7.40. The maximum atomic E-state index is 12.9. The molecule has 3 rings (SSSR count). The molecule has 0 bridgehead atoms. The van der Waals surface area contributed by atoms with Crippen LogP contribution in [0.1, 0.15) is 34.1 Å². The molecule has 1 heterocycles. The number of nitrogens with one attached hydrogen (secondary N) is 1. The number of amides is 1. The Morgan fingerprint density at radius 3 is 2.37 bits per heavy atom. The maximum Gasteiger partial charge on any atom is 0.255 e. The minimum Gasteiger partial charge on any atom is -0.493 e. The smallest absolute Gasteiger partial charge is 0.255 e. The predicted molar refractivity (Wildman–Crippen MR) is 114 cm³/mol. The van der Waals surface area contributed by atoms with Gasteiger partial charge in [0, 0.05) is 12.1 Å². The second-order valence-electron chi connectivity index (χ2n) is 6.68. The third-order valence-electron chi connectivity index (χ3n) is 4.93. The first-order valence-electron chi connectivity index (χ1n) is 9.77. The van der Waals surface area contributed by atoms with Crippen molar-refractivity contribution in [3.8, 4) is 17.2 Å². The van der Waals surface area contributed by atoms with Crippen molar-refractivity contribution in [3.05, 3.63) is 71.0 Å². The summed E-state index contributed by atoms with van der Waals surface area (Å²) >= 11 is 0. The van der Waals surface area contributed by atoms with Gasteiger partial charge in [-0.3, -0.25) is 9.48 Å². The van der Waals surface area contributed by atoms with Crippen LogP contribution < -0.4 is 19.5 Å². The topological polar surface area (TPSA) is 74.6 Å². The van der Waals surface area contributed by atoms with Crippen LogP contribution in [-0.4, -0.2) is 37.0 Å². The molecule has 7 heteroatoms. The molecule has 2 aromatic carbocycles. The van der Waals surface area contributed by atoms with Crippen LogP contribution in [0.3, 0.4) is 0 Å². The molecule has 1 amide bonds. The summed E-state index contributed by atoms with van der Waals surface area (Å²) in [6, 6.07) is 13.7. The number of carbonyl (C=O) groups excluding carboxylic acids is 1. The number of nitrogens with zero attached hydrogens (tertiary/aromatic N) is 2. The number of methoxy groups -OCH3 is 3. The van der Waals surface area contributed by atoms with Crippen LogP contribution in [0.5, 0.6) is 17.2 Å². The minimum atomic E-state index is -0.178. The number of hydrogen-bond acceptors (Lipinski definition) is 5. The molecule has 3 aromatic rings. The standard InChI is InChI=1S/C23H27N3O4/c1-5-19-18(14-25-26(19)15-16-9-7-6-8-10-16)23(27)24-13-17-11-12-20(28-2)22(30-4)21(17)29-3/h6-12,14H,5,13,15H2,1-4H3,(H,24,27). The fraction of sp³-hybridized carbons (Fsp3) is 0.304. The molecule has 0 saturated heterocycles. The number of aromatic nitrogens is 2. The molecule has 0 unspecified atom stereocenters. The van der Waals surface area contributed by atoms with Crippen molar-refractivity contribution in [1.29, 1.82) is 0 Å². The lowest BCUT2D eigenvalue weighted by Crippen LogP contribution is -2.24. The molecule has 0 aliphatic carbocycles. The second kappa shape index (κ2) is 9.82. The van der Waals surface area contributed by atoms with E-state index in [-0.39, 0.29) is 12.5 Å². The molecule has 0 fully saturated rings. The Balaban J connectivity index is 1.77. The van der Waals surface area contributed by atoms with E-state index < -0.39 is 0 Å². The van der Waals surface area contributed by atoms with E-state index in [1.165, 1.54) is 0 Å². The molecular weight excluding hydrogens is 382 g/mol. The summed E-state index contributed by atoms with van der Waals surface area (Å²) in [6.45, 7) is 2.93. The summed E-state index contributed by atoms with van der Waals surface area (Å²) in [5.41, 5.74) is 3.40. The van der Waals surface area contributed by atoms with E-state index in [4.69, 9.17) is 14.2 Å². The quantitative estimate of drug-likeness (QED) is 0.586. The highest BCUT2D eigenvalue weighted by atomic mass is 16.5. The first-order valence-corrected chi connectivity index (χ1v) is 9.77. The van der Waals surface area contributed by atoms with E-state index in [9.17, 15) is 4.79 Å². The lowest BCUT2D eigenvalue weighted by atomic mass is 10.1. The van der Waals surface area contributed by atoms with Gasteiger partial charge in [-0.1, -0.05) is 37.3 Å². The number of hydrogen-bond donors (Lipinski definition) is 1. The van der Waals surface area contributed by atoms with E-state index in [0.29, 0.717) is 35.8 Å². The van der Waals surface area contributed by atoms with Gasteiger partial charge in [0.25, 0.3) is 5.91 Å². The number of ether oxygens (including phenoxy) is 3. The predicted octanol–water partition coefficient (Wildman–Crippen LogP) is 3.45. The van der Waals surface area contributed by atoms with Crippen LogP contribution >= 0.6 is 0 Å². The Bertz CT molecular complexity index is 999. The largest absolute Gasteiger partial charge is 0.493 e. The molecule has 0 aliphatic rings. The molecular formula is C23H27N3O4. The Kier molecular flexibility index (Phi) is 6.95. The van der Waals surface area contributed by atoms with Gasteiger partial charge in [0.15, 0.2) is 11.5 Å². The summed E-state index contributed by atoms with van der Waals surface area (Å²) in [5.74, 6) is 1.42. The highest BCUT2D eigenvalue weighted by molar-refractivity contribution is 5.95. The molecule has 0 spiro atoms. The van der Waals surface area contributed by atoms with Crippen molar-refractivity contribution in [3.63, 3.8) is 0 Å².